The van der Waals surface area contributed by atoms with Crippen molar-refractivity contribution in [2.45, 2.75) is 292 Å². The van der Waals surface area contributed by atoms with Crippen LogP contribution in [0.1, 0.15) is 292 Å². The van der Waals surface area contributed by atoms with Crippen LogP contribution in [0.4, 0.5) is 0 Å². The van der Waals surface area contributed by atoms with E-state index < -0.39 is 0 Å². The molecule has 0 rings (SSSR count). The molecule has 0 atom stereocenters. The summed E-state index contributed by atoms with van der Waals surface area (Å²) in [5, 5.41) is 0. The molecule has 0 aromatic rings. The van der Waals surface area contributed by atoms with E-state index in [4.69, 9.17) is 0 Å². The Hall–Kier alpha value is 0.700. The molecule has 0 aliphatic rings. The van der Waals surface area contributed by atoms with Crippen molar-refractivity contribution in [3.8, 4) is 0 Å². The standard InChI is InChI=1S/C13H28.C12H26S.C12H26.C10H22S/c1-3-5-7-9-11-13-12-10-8-6-4-2;1-2-3-4-5-6-7-8-9-10-11-12-13;1-3-5-7-9-11-12-10-8-6-4-2;1-2-3-4-5-6-7-8-9-10-11/h3-13H2,1-2H3;13H,2-12H2,1H3;3-12H2,1-2H3;11H,2-10H2,1H3. The van der Waals surface area contributed by atoms with Crippen molar-refractivity contribution in [1.82, 2.24) is 0 Å². The van der Waals surface area contributed by atoms with Crippen molar-refractivity contribution in [2.24, 2.45) is 0 Å². The van der Waals surface area contributed by atoms with Gasteiger partial charge in [-0.15, -0.1) is 0 Å². The molecule has 0 radical (unpaired) electrons. The fourth-order valence-electron chi connectivity index (χ4n) is 6.14. The zero-order valence-corrected chi connectivity index (χ0v) is 37.7. The lowest BCUT2D eigenvalue weighted by atomic mass is 10.1. The molecule has 0 heterocycles. The minimum Gasteiger partial charge on any atom is -0.179 e. The van der Waals surface area contributed by atoms with Crippen molar-refractivity contribution in [3.05, 3.63) is 0 Å². The molecule has 0 N–H and O–H groups in total. The van der Waals surface area contributed by atoms with Crippen LogP contribution < -0.4 is 0 Å². The van der Waals surface area contributed by atoms with Gasteiger partial charge in [0.2, 0.25) is 0 Å². The maximum absolute atomic E-state index is 4.20. The maximum atomic E-state index is 4.20. The Morgan fingerprint density at radius 1 is 0.163 bits per heavy atom. The summed E-state index contributed by atoms with van der Waals surface area (Å²) in [6.45, 7) is 13.7. The lowest BCUT2D eigenvalue weighted by molar-refractivity contribution is 0.554. The maximum Gasteiger partial charge on any atom is -0.00979 e. The average Bonchev–Trinajstić information content (AvgIpc) is 3.12. The zero-order chi connectivity index (χ0) is 37.0. The first-order chi connectivity index (χ1) is 24.2. The topological polar surface area (TPSA) is 0 Å². The number of hydrogen-bond acceptors (Lipinski definition) is 2. The molecule has 0 amide bonds. The average molecular weight is 731 g/mol. The number of hydrogen-bond donors (Lipinski definition) is 2. The van der Waals surface area contributed by atoms with E-state index >= 15 is 0 Å². The van der Waals surface area contributed by atoms with E-state index in [9.17, 15) is 0 Å². The van der Waals surface area contributed by atoms with E-state index in [1.807, 2.05) is 0 Å². The van der Waals surface area contributed by atoms with Gasteiger partial charge in [-0.2, -0.15) is 25.3 Å². The van der Waals surface area contributed by atoms with E-state index in [1.165, 1.54) is 250 Å². The molecule has 0 nitrogen and oxygen atoms in total. The van der Waals surface area contributed by atoms with Crippen LogP contribution in [0.15, 0.2) is 0 Å². The second-order valence-corrected chi connectivity index (χ2v) is 16.0. The first kappa shape index (κ1) is 56.4. The Morgan fingerprint density at radius 2 is 0.265 bits per heavy atom. The molecular formula is C47H102S2. The predicted molar refractivity (Wildman–Crippen MR) is 242 cm³/mol. The highest BCUT2D eigenvalue weighted by Gasteiger charge is 1.93. The fraction of sp³-hybridized carbons (Fsp3) is 1.00. The Labute approximate surface area is 327 Å². The van der Waals surface area contributed by atoms with Gasteiger partial charge in [0.15, 0.2) is 0 Å². The summed E-state index contributed by atoms with van der Waals surface area (Å²) in [4.78, 5) is 0. The molecule has 0 bridgehead atoms. The molecule has 2 heteroatoms. The summed E-state index contributed by atoms with van der Waals surface area (Å²) in [6, 6.07) is 0. The SMILES string of the molecule is CCCCCCCCCCCC.CCCCCCCCCCCCC.CCCCCCCCCCCCS.CCCCCCCCCCS. The quantitative estimate of drug-likeness (QED) is 0.0461. The van der Waals surface area contributed by atoms with Crippen molar-refractivity contribution >= 4 is 25.3 Å². The van der Waals surface area contributed by atoms with E-state index in [0.29, 0.717) is 0 Å². The van der Waals surface area contributed by atoms with Crippen molar-refractivity contribution in [1.29, 1.82) is 0 Å². The normalized spacial score (nSPS) is 10.5. The summed E-state index contributed by atoms with van der Waals surface area (Å²) in [5.74, 6) is 2.13. The Kier molecular flexibility index (Phi) is 73.4. The molecule has 0 aromatic heterocycles. The van der Waals surface area contributed by atoms with E-state index in [1.54, 1.807) is 0 Å². The first-order valence-corrected chi connectivity index (χ1v) is 24.6. The van der Waals surface area contributed by atoms with Crippen molar-refractivity contribution in [2.75, 3.05) is 11.5 Å². The predicted octanol–water partition coefficient (Wildman–Crippen LogP) is 19.1. The van der Waals surface area contributed by atoms with Gasteiger partial charge in [-0.1, -0.05) is 279 Å². The van der Waals surface area contributed by atoms with Crippen molar-refractivity contribution < 1.29 is 0 Å². The molecular weight excluding hydrogens is 629 g/mol. The highest BCUT2D eigenvalue weighted by molar-refractivity contribution is 7.80. The lowest BCUT2D eigenvalue weighted by Crippen LogP contribution is -1.81. The van der Waals surface area contributed by atoms with Gasteiger partial charge in [-0.3, -0.25) is 0 Å². The summed E-state index contributed by atoms with van der Waals surface area (Å²) in [7, 11) is 0. The Bertz CT molecular complexity index is 391. The minimum atomic E-state index is 1.06. The second-order valence-electron chi connectivity index (χ2n) is 15.1. The van der Waals surface area contributed by atoms with Crippen LogP contribution in [0.25, 0.3) is 0 Å². The zero-order valence-electron chi connectivity index (χ0n) is 35.9. The van der Waals surface area contributed by atoms with Gasteiger partial charge in [-0.05, 0) is 24.3 Å². The van der Waals surface area contributed by atoms with Gasteiger partial charge in [0, 0.05) is 0 Å². The third kappa shape index (κ3) is 74.7. The molecule has 0 spiro atoms. The van der Waals surface area contributed by atoms with Crippen LogP contribution >= 0.6 is 25.3 Å². The fourth-order valence-corrected chi connectivity index (χ4v) is 6.59. The van der Waals surface area contributed by atoms with Crippen LogP contribution in [0.5, 0.6) is 0 Å². The van der Waals surface area contributed by atoms with Gasteiger partial charge >= 0.3 is 0 Å². The smallest absolute Gasteiger partial charge is 0.00979 e. The van der Waals surface area contributed by atoms with E-state index in [2.05, 4.69) is 66.8 Å². The molecule has 0 unspecified atom stereocenters. The third-order valence-electron chi connectivity index (χ3n) is 9.69. The first-order valence-electron chi connectivity index (χ1n) is 23.4. The van der Waals surface area contributed by atoms with E-state index in [0.717, 1.165) is 11.5 Å². The largest absolute Gasteiger partial charge is 0.179 e. The third-order valence-corrected chi connectivity index (χ3v) is 10.3. The second kappa shape index (κ2) is 63.7. The Morgan fingerprint density at radius 3 is 0.367 bits per heavy atom. The summed E-state index contributed by atoms with van der Waals surface area (Å²) < 4.78 is 0. The van der Waals surface area contributed by atoms with Gasteiger partial charge in [-0.25, -0.2) is 0 Å². The molecule has 0 aliphatic heterocycles. The molecule has 0 aliphatic carbocycles. The van der Waals surface area contributed by atoms with Crippen LogP contribution in [-0.2, 0) is 0 Å². The monoisotopic (exact) mass is 731 g/mol. The molecule has 302 valence electrons. The summed E-state index contributed by atoms with van der Waals surface area (Å²) in [5.41, 5.74) is 0. The summed E-state index contributed by atoms with van der Waals surface area (Å²) >= 11 is 8.38. The van der Waals surface area contributed by atoms with Gasteiger partial charge in [0.1, 0.15) is 0 Å². The van der Waals surface area contributed by atoms with Gasteiger partial charge < -0.3 is 0 Å². The molecule has 0 fully saturated rings. The molecule has 0 aromatic carbocycles. The van der Waals surface area contributed by atoms with Crippen LogP contribution in [0.2, 0.25) is 0 Å². The van der Waals surface area contributed by atoms with Gasteiger partial charge in [0.05, 0.1) is 0 Å². The van der Waals surface area contributed by atoms with Crippen molar-refractivity contribution in [3.63, 3.8) is 0 Å². The number of thiol groups is 2. The number of unbranched alkanes of at least 4 members (excludes halogenated alkanes) is 35. The Balaban J connectivity index is -0.000000276. The van der Waals surface area contributed by atoms with Crippen LogP contribution in [-0.4, -0.2) is 11.5 Å². The summed E-state index contributed by atoms with van der Waals surface area (Å²) in [6.07, 6.45) is 55.8. The van der Waals surface area contributed by atoms with E-state index in [-0.39, 0.29) is 0 Å². The van der Waals surface area contributed by atoms with Crippen LogP contribution in [0.3, 0.4) is 0 Å². The highest BCUT2D eigenvalue weighted by atomic mass is 32.1. The molecule has 49 heavy (non-hydrogen) atoms. The van der Waals surface area contributed by atoms with Gasteiger partial charge in [0.25, 0.3) is 0 Å². The van der Waals surface area contributed by atoms with Crippen LogP contribution in [0, 0.1) is 0 Å². The molecule has 0 saturated heterocycles. The minimum absolute atomic E-state index is 1.06. The lowest BCUT2D eigenvalue weighted by Gasteiger charge is -2.00. The molecule has 0 saturated carbocycles. The number of rotatable bonds is 37. The highest BCUT2D eigenvalue weighted by Crippen LogP contribution is 2.13.